The summed E-state index contributed by atoms with van der Waals surface area (Å²) in [6, 6.07) is 3.78. The average Bonchev–Trinajstić information content (AvgIpc) is 2.87. The zero-order valence-electron chi connectivity index (χ0n) is 7.94. The normalized spacial score (nSPS) is 11.1. The molecule has 5 nitrogen and oxygen atoms in total. The minimum absolute atomic E-state index is 0.429. The Morgan fingerprint density at radius 2 is 2.19 bits per heavy atom. The van der Waals surface area contributed by atoms with Gasteiger partial charge >= 0.3 is 0 Å². The maximum absolute atomic E-state index is 6.26. The fourth-order valence-corrected chi connectivity index (χ4v) is 2.49. The van der Waals surface area contributed by atoms with Crippen LogP contribution in [0, 0.1) is 0 Å². The van der Waals surface area contributed by atoms with Crippen LogP contribution in [-0.4, -0.2) is 20.4 Å². The van der Waals surface area contributed by atoms with E-state index in [2.05, 4.69) is 20.4 Å². The molecule has 0 radical (unpaired) electrons. The van der Waals surface area contributed by atoms with Crippen molar-refractivity contribution in [3.05, 3.63) is 23.4 Å². The van der Waals surface area contributed by atoms with Gasteiger partial charge in [-0.25, -0.2) is 0 Å². The lowest BCUT2D eigenvalue weighted by Gasteiger charge is -1.99. The molecule has 0 aliphatic carbocycles. The largest absolute Gasteiger partial charge is 0.374 e. The van der Waals surface area contributed by atoms with Crippen molar-refractivity contribution in [3.8, 4) is 10.6 Å². The van der Waals surface area contributed by atoms with Crippen molar-refractivity contribution in [2.75, 3.05) is 5.73 Å². The Bertz CT molecular complexity index is 659. The quantitative estimate of drug-likeness (QED) is 0.696. The molecule has 0 saturated carbocycles. The first-order valence-corrected chi connectivity index (χ1v) is 5.66. The number of nitrogens with zero attached hydrogens (tertiary/aromatic N) is 3. The molecule has 1 aromatic carbocycles. The van der Waals surface area contributed by atoms with E-state index in [4.69, 9.17) is 17.3 Å². The molecule has 0 amide bonds. The van der Waals surface area contributed by atoms with Gasteiger partial charge < -0.3 is 5.73 Å². The highest BCUT2D eigenvalue weighted by atomic mass is 35.5. The van der Waals surface area contributed by atoms with E-state index in [0.717, 1.165) is 16.5 Å². The second kappa shape index (κ2) is 3.43. The molecule has 80 valence electrons. The Labute approximate surface area is 99.3 Å². The number of H-pyrrole nitrogens is 1. The van der Waals surface area contributed by atoms with E-state index in [9.17, 15) is 0 Å². The second-order valence-electron chi connectivity index (χ2n) is 3.20. The molecule has 7 heteroatoms. The van der Waals surface area contributed by atoms with Gasteiger partial charge in [0.1, 0.15) is 0 Å². The Morgan fingerprint density at radius 1 is 1.31 bits per heavy atom. The van der Waals surface area contributed by atoms with Gasteiger partial charge in [-0.1, -0.05) is 22.9 Å². The van der Waals surface area contributed by atoms with Crippen molar-refractivity contribution < 1.29 is 0 Å². The summed E-state index contributed by atoms with van der Waals surface area (Å²) in [6.45, 7) is 0. The molecule has 3 N–H and O–H groups in total. The van der Waals surface area contributed by atoms with E-state index < -0.39 is 0 Å². The molecular formula is C9H6ClN5S. The monoisotopic (exact) mass is 251 g/mol. The highest BCUT2D eigenvalue weighted by Gasteiger charge is 2.12. The maximum Gasteiger partial charge on any atom is 0.203 e. The first kappa shape index (κ1) is 9.56. The molecular weight excluding hydrogens is 246 g/mol. The summed E-state index contributed by atoms with van der Waals surface area (Å²) in [5.74, 6) is 0. The Kier molecular flexibility index (Phi) is 2.05. The standard InChI is InChI=1S/C9H6ClN5S/c10-7-4(8-14-15-9(11)16-8)1-2-6-5(7)3-12-13-6/h1-3H,(H2,11,15)(H,12,13). The summed E-state index contributed by atoms with van der Waals surface area (Å²) in [5.41, 5.74) is 7.26. The molecule has 2 heterocycles. The second-order valence-corrected chi connectivity index (χ2v) is 4.59. The molecule has 0 unspecified atom stereocenters. The molecule has 3 aromatic rings. The molecule has 3 rings (SSSR count). The van der Waals surface area contributed by atoms with Crippen molar-refractivity contribution in [3.63, 3.8) is 0 Å². The van der Waals surface area contributed by atoms with Crippen LogP contribution in [0.1, 0.15) is 0 Å². The smallest absolute Gasteiger partial charge is 0.203 e. The SMILES string of the molecule is Nc1nnc(-c2ccc3[nH]ncc3c2Cl)s1. The first-order valence-electron chi connectivity index (χ1n) is 4.46. The van der Waals surface area contributed by atoms with E-state index in [1.165, 1.54) is 11.3 Å². The van der Waals surface area contributed by atoms with Crippen LogP contribution in [0.15, 0.2) is 18.3 Å². The Morgan fingerprint density at radius 3 is 2.94 bits per heavy atom. The van der Waals surface area contributed by atoms with Gasteiger partial charge in [0.25, 0.3) is 0 Å². The third kappa shape index (κ3) is 1.35. The molecule has 0 saturated heterocycles. The highest BCUT2D eigenvalue weighted by molar-refractivity contribution is 7.18. The number of nitrogen functional groups attached to an aromatic ring is 1. The van der Waals surface area contributed by atoms with Crippen LogP contribution in [0.4, 0.5) is 5.13 Å². The lowest BCUT2D eigenvalue weighted by Crippen LogP contribution is -1.81. The van der Waals surface area contributed by atoms with E-state index >= 15 is 0 Å². The number of rotatable bonds is 1. The number of benzene rings is 1. The van der Waals surface area contributed by atoms with Crippen molar-refractivity contribution in [1.29, 1.82) is 0 Å². The van der Waals surface area contributed by atoms with Crippen LogP contribution in [0.3, 0.4) is 0 Å². The van der Waals surface area contributed by atoms with Crippen LogP contribution in [0.25, 0.3) is 21.5 Å². The number of aromatic nitrogens is 4. The molecule has 0 bridgehead atoms. The summed E-state index contributed by atoms with van der Waals surface area (Å²) < 4.78 is 0. The maximum atomic E-state index is 6.26. The van der Waals surface area contributed by atoms with Crippen molar-refractivity contribution in [1.82, 2.24) is 20.4 Å². The number of hydrogen-bond acceptors (Lipinski definition) is 5. The minimum Gasteiger partial charge on any atom is -0.374 e. The van der Waals surface area contributed by atoms with E-state index in [1.807, 2.05) is 12.1 Å². The zero-order valence-corrected chi connectivity index (χ0v) is 9.51. The topological polar surface area (TPSA) is 80.5 Å². The number of fused-ring (bicyclic) bond motifs is 1. The van der Waals surface area contributed by atoms with Gasteiger partial charge in [0, 0.05) is 10.9 Å². The summed E-state index contributed by atoms with van der Waals surface area (Å²) >= 11 is 7.57. The number of hydrogen-bond donors (Lipinski definition) is 2. The van der Waals surface area contributed by atoms with Gasteiger partial charge in [0.15, 0.2) is 5.01 Å². The first-order chi connectivity index (χ1) is 7.75. The fourth-order valence-electron chi connectivity index (χ4n) is 1.49. The number of nitrogens with one attached hydrogen (secondary N) is 1. The molecule has 2 aromatic heterocycles. The molecule has 0 aliphatic heterocycles. The van der Waals surface area contributed by atoms with Crippen molar-refractivity contribution in [2.45, 2.75) is 0 Å². The summed E-state index contributed by atoms with van der Waals surface area (Å²) in [5, 5.41) is 17.1. The third-order valence-electron chi connectivity index (χ3n) is 2.23. The number of halogens is 1. The lowest BCUT2D eigenvalue weighted by atomic mass is 10.2. The molecule has 0 atom stereocenters. The Hall–Kier alpha value is -1.66. The molecule has 16 heavy (non-hydrogen) atoms. The summed E-state index contributed by atoms with van der Waals surface area (Å²) in [6.07, 6.45) is 1.69. The van der Waals surface area contributed by atoms with Crippen LogP contribution >= 0.6 is 22.9 Å². The lowest BCUT2D eigenvalue weighted by molar-refractivity contribution is 1.10. The molecule has 0 aliphatic rings. The van der Waals surface area contributed by atoms with Gasteiger partial charge in [-0.3, -0.25) is 5.10 Å². The van der Waals surface area contributed by atoms with Crippen LogP contribution in [-0.2, 0) is 0 Å². The van der Waals surface area contributed by atoms with E-state index in [-0.39, 0.29) is 0 Å². The van der Waals surface area contributed by atoms with Crippen LogP contribution in [0.5, 0.6) is 0 Å². The van der Waals surface area contributed by atoms with Gasteiger partial charge in [0.2, 0.25) is 5.13 Å². The summed E-state index contributed by atoms with van der Waals surface area (Å²) in [4.78, 5) is 0. The number of aromatic amines is 1. The van der Waals surface area contributed by atoms with Gasteiger partial charge in [0.05, 0.1) is 16.7 Å². The average molecular weight is 252 g/mol. The number of anilines is 1. The minimum atomic E-state index is 0.429. The van der Waals surface area contributed by atoms with Gasteiger partial charge in [-0.2, -0.15) is 5.10 Å². The zero-order chi connectivity index (χ0) is 11.1. The fraction of sp³-hybridized carbons (Fsp3) is 0. The van der Waals surface area contributed by atoms with Crippen molar-refractivity contribution in [2.24, 2.45) is 0 Å². The Balaban J connectivity index is 2.27. The van der Waals surface area contributed by atoms with Crippen LogP contribution < -0.4 is 5.73 Å². The van der Waals surface area contributed by atoms with Gasteiger partial charge in [-0.15, -0.1) is 10.2 Å². The third-order valence-corrected chi connectivity index (χ3v) is 3.42. The van der Waals surface area contributed by atoms with Crippen LogP contribution in [0.2, 0.25) is 5.02 Å². The highest BCUT2D eigenvalue weighted by Crippen LogP contribution is 2.35. The van der Waals surface area contributed by atoms with Gasteiger partial charge in [-0.05, 0) is 12.1 Å². The molecule has 0 spiro atoms. The van der Waals surface area contributed by atoms with E-state index in [1.54, 1.807) is 6.20 Å². The van der Waals surface area contributed by atoms with E-state index in [0.29, 0.717) is 15.2 Å². The predicted molar refractivity (Wildman–Crippen MR) is 64.4 cm³/mol. The van der Waals surface area contributed by atoms with Crippen molar-refractivity contribution >= 4 is 39.0 Å². The number of nitrogens with two attached hydrogens (primary N) is 1. The predicted octanol–water partition coefficient (Wildman–Crippen LogP) is 2.32. The summed E-state index contributed by atoms with van der Waals surface area (Å²) in [7, 11) is 0. The molecule has 0 fully saturated rings.